The summed E-state index contributed by atoms with van der Waals surface area (Å²) in [6.45, 7) is 3.80. The molecule has 0 radical (unpaired) electrons. The van der Waals surface area contributed by atoms with Crippen molar-refractivity contribution in [2.45, 2.75) is 20.0 Å². The summed E-state index contributed by atoms with van der Waals surface area (Å²) >= 11 is 0. The van der Waals surface area contributed by atoms with E-state index >= 15 is 0 Å². The first-order valence-corrected chi connectivity index (χ1v) is 2.94. The Labute approximate surface area is 54.6 Å². The van der Waals surface area contributed by atoms with E-state index in [1.54, 1.807) is 0 Å². The number of carbonyl (C=O) groups excluding carboxylic acids is 1. The number of aliphatic hydroxyl groups excluding tert-OH is 1. The SMILES string of the molecule is CCOCC(O)C(C)=O. The topological polar surface area (TPSA) is 46.5 Å². The number of aliphatic hydroxyl groups is 1. The molecule has 0 aliphatic carbocycles. The number of Topliss-reactive ketones (excluding diaryl/α,β-unsaturated/α-hetero) is 1. The molecule has 0 aromatic rings. The molecule has 0 saturated heterocycles. The van der Waals surface area contributed by atoms with Crippen LogP contribution in [0, 0.1) is 0 Å². The molecular weight excluding hydrogens is 120 g/mol. The number of hydrogen-bond acceptors (Lipinski definition) is 3. The number of ether oxygens (including phenoxy) is 1. The van der Waals surface area contributed by atoms with Crippen LogP contribution in [0.3, 0.4) is 0 Å². The van der Waals surface area contributed by atoms with Crippen LogP contribution in [-0.4, -0.2) is 30.2 Å². The second-order valence-corrected chi connectivity index (χ2v) is 1.79. The van der Waals surface area contributed by atoms with Gasteiger partial charge in [-0.15, -0.1) is 0 Å². The summed E-state index contributed by atoms with van der Waals surface area (Å²) in [5.41, 5.74) is 0. The van der Waals surface area contributed by atoms with Crippen molar-refractivity contribution in [1.82, 2.24) is 0 Å². The predicted octanol–water partition coefficient (Wildman–Crippen LogP) is -0.0272. The third-order valence-electron chi connectivity index (χ3n) is 0.949. The Morgan fingerprint density at radius 2 is 2.33 bits per heavy atom. The minimum Gasteiger partial charge on any atom is -0.383 e. The molecule has 0 aromatic carbocycles. The summed E-state index contributed by atoms with van der Waals surface area (Å²) in [5.74, 6) is -0.247. The quantitative estimate of drug-likeness (QED) is 0.584. The van der Waals surface area contributed by atoms with Crippen molar-refractivity contribution in [3.8, 4) is 0 Å². The van der Waals surface area contributed by atoms with Crippen LogP contribution in [0.4, 0.5) is 0 Å². The molecule has 1 unspecified atom stereocenters. The molecule has 54 valence electrons. The van der Waals surface area contributed by atoms with Crippen LogP contribution in [0.25, 0.3) is 0 Å². The van der Waals surface area contributed by atoms with Crippen LogP contribution in [0.5, 0.6) is 0 Å². The van der Waals surface area contributed by atoms with Crippen molar-refractivity contribution < 1.29 is 14.6 Å². The van der Waals surface area contributed by atoms with E-state index in [0.29, 0.717) is 6.61 Å². The maximum Gasteiger partial charge on any atom is 0.160 e. The molecule has 3 nitrogen and oxygen atoms in total. The van der Waals surface area contributed by atoms with Gasteiger partial charge in [0.2, 0.25) is 0 Å². The van der Waals surface area contributed by atoms with Crippen LogP contribution in [0.2, 0.25) is 0 Å². The molecule has 1 atom stereocenters. The molecule has 0 bridgehead atoms. The van der Waals surface area contributed by atoms with Crippen molar-refractivity contribution in [3.63, 3.8) is 0 Å². The van der Waals surface area contributed by atoms with E-state index in [2.05, 4.69) is 0 Å². The largest absolute Gasteiger partial charge is 0.383 e. The lowest BCUT2D eigenvalue weighted by molar-refractivity contribution is -0.127. The summed E-state index contributed by atoms with van der Waals surface area (Å²) in [6.07, 6.45) is -0.940. The fraction of sp³-hybridized carbons (Fsp3) is 0.833. The number of ketones is 1. The highest BCUT2D eigenvalue weighted by Crippen LogP contribution is 1.85. The Morgan fingerprint density at radius 3 is 2.67 bits per heavy atom. The van der Waals surface area contributed by atoms with Crippen molar-refractivity contribution in [1.29, 1.82) is 0 Å². The van der Waals surface area contributed by atoms with E-state index in [1.807, 2.05) is 6.92 Å². The molecule has 0 fully saturated rings. The summed E-state index contributed by atoms with van der Waals surface area (Å²) in [5, 5.41) is 8.78. The first kappa shape index (κ1) is 8.59. The smallest absolute Gasteiger partial charge is 0.160 e. The van der Waals surface area contributed by atoms with Gasteiger partial charge in [-0.2, -0.15) is 0 Å². The highest BCUT2D eigenvalue weighted by molar-refractivity contribution is 5.80. The van der Waals surface area contributed by atoms with E-state index in [1.165, 1.54) is 6.92 Å². The van der Waals surface area contributed by atoms with Gasteiger partial charge in [0, 0.05) is 6.61 Å². The zero-order valence-electron chi connectivity index (χ0n) is 5.76. The Bertz CT molecular complexity index is 90.3. The summed E-state index contributed by atoms with van der Waals surface area (Å²) in [6, 6.07) is 0. The molecule has 9 heavy (non-hydrogen) atoms. The van der Waals surface area contributed by atoms with Gasteiger partial charge in [0.1, 0.15) is 6.10 Å². The molecule has 0 aliphatic heterocycles. The van der Waals surface area contributed by atoms with Crippen LogP contribution in [0.1, 0.15) is 13.8 Å². The van der Waals surface area contributed by atoms with Crippen molar-refractivity contribution in [2.24, 2.45) is 0 Å². The highest BCUT2D eigenvalue weighted by Gasteiger charge is 2.07. The fourth-order valence-electron chi connectivity index (χ4n) is 0.347. The van der Waals surface area contributed by atoms with Crippen LogP contribution >= 0.6 is 0 Å². The first-order valence-electron chi connectivity index (χ1n) is 2.94. The Balaban J connectivity index is 3.27. The molecular formula is C6H12O3. The molecule has 0 aliphatic rings. The van der Waals surface area contributed by atoms with Gasteiger partial charge in [0.25, 0.3) is 0 Å². The predicted molar refractivity (Wildman–Crippen MR) is 33.2 cm³/mol. The minimum atomic E-state index is -0.940. The van der Waals surface area contributed by atoms with Gasteiger partial charge in [-0.1, -0.05) is 0 Å². The standard InChI is InChI=1S/C6H12O3/c1-3-9-4-6(8)5(2)7/h6,8H,3-4H2,1-2H3. The lowest BCUT2D eigenvalue weighted by Gasteiger charge is -2.04. The highest BCUT2D eigenvalue weighted by atomic mass is 16.5. The van der Waals surface area contributed by atoms with Gasteiger partial charge in [0.15, 0.2) is 5.78 Å². The number of hydrogen-bond donors (Lipinski definition) is 1. The lowest BCUT2D eigenvalue weighted by Crippen LogP contribution is -2.23. The molecule has 0 aromatic heterocycles. The Hall–Kier alpha value is -0.410. The Morgan fingerprint density at radius 1 is 1.78 bits per heavy atom. The van der Waals surface area contributed by atoms with Crippen molar-refractivity contribution in [3.05, 3.63) is 0 Å². The lowest BCUT2D eigenvalue weighted by atomic mass is 10.3. The third kappa shape index (κ3) is 4.12. The maximum atomic E-state index is 10.3. The van der Waals surface area contributed by atoms with Gasteiger partial charge in [0.05, 0.1) is 6.61 Å². The normalized spacial score (nSPS) is 13.2. The molecule has 3 heteroatoms. The zero-order valence-corrected chi connectivity index (χ0v) is 5.76. The first-order chi connectivity index (χ1) is 4.18. The molecule has 0 amide bonds. The van der Waals surface area contributed by atoms with Crippen molar-refractivity contribution in [2.75, 3.05) is 13.2 Å². The molecule has 0 rings (SSSR count). The summed E-state index contributed by atoms with van der Waals surface area (Å²) in [7, 11) is 0. The summed E-state index contributed by atoms with van der Waals surface area (Å²) < 4.78 is 4.79. The summed E-state index contributed by atoms with van der Waals surface area (Å²) in [4.78, 5) is 10.3. The fourth-order valence-corrected chi connectivity index (χ4v) is 0.347. The molecule has 0 spiro atoms. The van der Waals surface area contributed by atoms with Crippen molar-refractivity contribution >= 4 is 5.78 Å². The molecule has 0 saturated carbocycles. The van der Waals surface area contributed by atoms with Gasteiger partial charge in [-0.25, -0.2) is 0 Å². The number of rotatable bonds is 4. The monoisotopic (exact) mass is 132 g/mol. The van der Waals surface area contributed by atoms with E-state index in [9.17, 15) is 4.79 Å². The zero-order chi connectivity index (χ0) is 7.28. The van der Waals surface area contributed by atoms with E-state index < -0.39 is 6.10 Å². The van der Waals surface area contributed by atoms with Crippen LogP contribution < -0.4 is 0 Å². The molecule has 0 heterocycles. The van der Waals surface area contributed by atoms with Gasteiger partial charge < -0.3 is 9.84 Å². The average Bonchev–Trinajstić information content (AvgIpc) is 1.82. The Kier molecular flexibility index (Phi) is 4.26. The van der Waals surface area contributed by atoms with Crippen LogP contribution in [0.15, 0.2) is 0 Å². The second-order valence-electron chi connectivity index (χ2n) is 1.79. The second kappa shape index (κ2) is 4.47. The minimum absolute atomic E-state index is 0.117. The van der Waals surface area contributed by atoms with Gasteiger partial charge in [-0.05, 0) is 13.8 Å². The maximum absolute atomic E-state index is 10.3. The molecule has 1 N–H and O–H groups in total. The van der Waals surface area contributed by atoms with Gasteiger partial charge >= 0.3 is 0 Å². The third-order valence-corrected chi connectivity index (χ3v) is 0.949. The van der Waals surface area contributed by atoms with Crippen LogP contribution in [-0.2, 0) is 9.53 Å². The average molecular weight is 132 g/mol. The van der Waals surface area contributed by atoms with E-state index in [-0.39, 0.29) is 12.4 Å². The van der Waals surface area contributed by atoms with E-state index in [4.69, 9.17) is 9.84 Å². The number of carbonyl (C=O) groups is 1. The van der Waals surface area contributed by atoms with Gasteiger partial charge in [-0.3, -0.25) is 4.79 Å². The van der Waals surface area contributed by atoms with E-state index in [0.717, 1.165) is 0 Å².